The zero-order valence-electron chi connectivity index (χ0n) is 10.8. The summed E-state index contributed by atoms with van der Waals surface area (Å²) in [4.78, 5) is 8.75. The van der Waals surface area contributed by atoms with Gasteiger partial charge in [-0.25, -0.2) is 4.98 Å². The van der Waals surface area contributed by atoms with Gasteiger partial charge in [-0.3, -0.25) is 4.98 Å². The van der Waals surface area contributed by atoms with Crippen molar-refractivity contribution in [1.29, 1.82) is 0 Å². The van der Waals surface area contributed by atoms with Crippen LogP contribution in [0.15, 0.2) is 30.9 Å². The van der Waals surface area contributed by atoms with Gasteiger partial charge in [0.25, 0.3) is 0 Å². The van der Waals surface area contributed by atoms with Crippen LogP contribution in [0.3, 0.4) is 0 Å². The van der Waals surface area contributed by atoms with E-state index in [1.807, 2.05) is 18.6 Å². The summed E-state index contributed by atoms with van der Waals surface area (Å²) in [6.07, 6.45) is 6.71. The molecule has 0 amide bonds. The van der Waals surface area contributed by atoms with E-state index in [2.05, 4.69) is 39.8 Å². The predicted molar refractivity (Wildman–Crippen MR) is 70.3 cm³/mol. The highest BCUT2D eigenvalue weighted by Crippen LogP contribution is 2.26. The minimum Gasteiger partial charge on any atom is -0.330 e. The van der Waals surface area contributed by atoms with Crippen LogP contribution >= 0.6 is 0 Å². The van der Waals surface area contributed by atoms with E-state index in [4.69, 9.17) is 0 Å². The monoisotopic (exact) mass is 242 g/mol. The van der Waals surface area contributed by atoms with Crippen molar-refractivity contribution in [2.45, 2.75) is 32.4 Å². The molecule has 1 aliphatic heterocycles. The standard InChI is InChI=1S/C14H18N4/c1-14(2)13-12(5-7-17-14)18(10-16-13)9-11-4-3-6-15-8-11/h3-4,6,8,10,17H,5,7,9H2,1-2H3. The molecule has 0 saturated carbocycles. The molecule has 0 atom stereocenters. The van der Waals surface area contributed by atoms with E-state index in [0.717, 1.165) is 19.5 Å². The molecule has 18 heavy (non-hydrogen) atoms. The Morgan fingerprint density at radius 3 is 3.11 bits per heavy atom. The Hall–Kier alpha value is -1.68. The van der Waals surface area contributed by atoms with Crippen LogP contribution < -0.4 is 5.32 Å². The molecule has 0 aromatic carbocycles. The summed E-state index contributed by atoms with van der Waals surface area (Å²) in [5.74, 6) is 0. The van der Waals surface area contributed by atoms with E-state index < -0.39 is 0 Å². The number of imidazole rings is 1. The molecule has 0 aliphatic carbocycles. The Balaban J connectivity index is 1.93. The van der Waals surface area contributed by atoms with E-state index in [1.165, 1.54) is 17.0 Å². The third-order valence-corrected chi connectivity index (χ3v) is 3.54. The van der Waals surface area contributed by atoms with Gasteiger partial charge < -0.3 is 9.88 Å². The third-order valence-electron chi connectivity index (χ3n) is 3.54. The fourth-order valence-electron chi connectivity index (χ4n) is 2.59. The van der Waals surface area contributed by atoms with Crippen LogP contribution in [-0.2, 0) is 18.5 Å². The Morgan fingerprint density at radius 2 is 2.33 bits per heavy atom. The highest BCUT2D eigenvalue weighted by molar-refractivity contribution is 5.25. The smallest absolute Gasteiger partial charge is 0.0955 e. The topological polar surface area (TPSA) is 42.7 Å². The summed E-state index contributed by atoms with van der Waals surface area (Å²) in [7, 11) is 0. The van der Waals surface area contributed by atoms with Crippen LogP contribution in [0.2, 0.25) is 0 Å². The Kier molecular flexibility index (Phi) is 2.67. The molecule has 3 heterocycles. The number of nitrogens with zero attached hydrogens (tertiary/aromatic N) is 3. The summed E-state index contributed by atoms with van der Waals surface area (Å²) in [6, 6.07) is 4.08. The van der Waals surface area contributed by atoms with Crippen LogP contribution in [0.4, 0.5) is 0 Å². The van der Waals surface area contributed by atoms with Crippen LogP contribution in [0.25, 0.3) is 0 Å². The highest BCUT2D eigenvalue weighted by atomic mass is 15.1. The molecule has 1 aliphatic rings. The normalized spacial score (nSPS) is 17.4. The molecule has 0 bridgehead atoms. The molecule has 1 N–H and O–H groups in total. The van der Waals surface area contributed by atoms with Gasteiger partial charge in [-0.05, 0) is 25.5 Å². The lowest BCUT2D eigenvalue weighted by molar-refractivity contribution is 0.368. The molecular weight excluding hydrogens is 224 g/mol. The van der Waals surface area contributed by atoms with Crippen molar-refractivity contribution in [3.63, 3.8) is 0 Å². The summed E-state index contributed by atoms with van der Waals surface area (Å²) in [5.41, 5.74) is 3.72. The number of rotatable bonds is 2. The summed E-state index contributed by atoms with van der Waals surface area (Å²) < 4.78 is 2.24. The molecule has 0 radical (unpaired) electrons. The van der Waals surface area contributed by atoms with Crippen molar-refractivity contribution in [3.8, 4) is 0 Å². The molecule has 2 aromatic rings. The second-order valence-electron chi connectivity index (χ2n) is 5.33. The largest absolute Gasteiger partial charge is 0.330 e. The lowest BCUT2D eigenvalue weighted by Crippen LogP contribution is -2.43. The molecule has 0 spiro atoms. The Morgan fingerprint density at radius 1 is 1.44 bits per heavy atom. The minimum absolute atomic E-state index is 0.0201. The van der Waals surface area contributed by atoms with Crippen molar-refractivity contribution in [2.24, 2.45) is 0 Å². The van der Waals surface area contributed by atoms with Gasteiger partial charge in [0.15, 0.2) is 0 Å². The number of nitrogens with one attached hydrogen (secondary N) is 1. The average molecular weight is 242 g/mol. The molecule has 0 fully saturated rings. The number of hydrogen-bond acceptors (Lipinski definition) is 3. The van der Waals surface area contributed by atoms with Gasteiger partial charge in [-0.15, -0.1) is 0 Å². The quantitative estimate of drug-likeness (QED) is 0.871. The molecule has 0 saturated heterocycles. The maximum Gasteiger partial charge on any atom is 0.0955 e. The summed E-state index contributed by atoms with van der Waals surface area (Å²) in [5, 5.41) is 3.50. The van der Waals surface area contributed by atoms with E-state index >= 15 is 0 Å². The molecule has 4 heteroatoms. The second-order valence-corrected chi connectivity index (χ2v) is 5.33. The fraction of sp³-hybridized carbons (Fsp3) is 0.429. The van der Waals surface area contributed by atoms with E-state index in [0.29, 0.717) is 0 Å². The maximum atomic E-state index is 4.59. The number of pyridine rings is 1. The SMILES string of the molecule is CC1(C)NCCc2c1ncn2Cc1cccnc1. The molecular formula is C14H18N4. The molecule has 2 aromatic heterocycles. The van der Waals surface area contributed by atoms with Gasteiger partial charge in [-0.1, -0.05) is 6.07 Å². The van der Waals surface area contributed by atoms with Crippen molar-refractivity contribution in [3.05, 3.63) is 47.8 Å². The van der Waals surface area contributed by atoms with Crippen molar-refractivity contribution >= 4 is 0 Å². The van der Waals surface area contributed by atoms with Crippen LogP contribution in [0.5, 0.6) is 0 Å². The van der Waals surface area contributed by atoms with Gasteiger partial charge >= 0.3 is 0 Å². The number of aromatic nitrogens is 3. The van der Waals surface area contributed by atoms with E-state index in [1.54, 1.807) is 6.20 Å². The van der Waals surface area contributed by atoms with Gasteiger partial charge in [0.1, 0.15) is 0 Å². The molecule has 0 unspecified atom stereocenters. The van der Waals surface area contributed by atoms with Crippen LogP contribution in [-0.4, -0.2) is 21.1 Å². The summed E-state index contributed by atoms with van der Waals surface area (Å²) >= 11 is 0. The molecule has 4 nitrogen and oxygen atoms in total. The second kappa shape index (κ2) is 4.21. The predicted octanol–water partition coefficient (Wildman–Crippen LogP) is 1.71. The van der Waals surface area contributed by atoms with Gasteiger partial charge in [0, 0.05) is 31.1 Å². The van der Waals surface area contributed by atoms with Gasteiger partial charge in [0.2, 0.25) is 0 Å². The van der Waals surface area contributed by atoms with Gasteiger partial charge in [0.05, 0.1) is 24.1 Å². The zero-order chi connectivity index (χ0) is 12.6. The zero-order valence-corrected chi connectivity index (χ0v) is 10.8. The number of fused-ring (bicyclic) bond motifs is 1. The number of hydrogen-bond donors (Lipinski definition) is 1. The molecule has 3 rings (SSSR count). The van der Waals surface area contributed by atoms with Crippen molar-refractivity contribution in [1.82, 2.24) is 19.9 Å². The fourth-order valence-corrected chi connectivity index (χ4v) is 2.59. The lowest BCUT2D eigenvalue weighted by atomic mass is 9.93. The first kappa shape index (κ1) is 11.4. The first-order valence-corrected chi connectivity index (χ1v) is 6.35. The van der Waals surface area contributed by atoms with Crippen LogP contribution in [0, 0.1) is 0 Å². The first-order valence-electron chi connectivity index (χ1n) is 6.35. The Bertz CT molecular complexity index is 542. The van der Waals surface area contributed by atoms with Crippen molar-refractivity contribution < 1.29 is 0 Å². The first-order chi connectivity index (χ1) is 8.67. The molecule has 94 valence electrons. The lowest BCUT2D eigenvalue weighted by Gasteiger charge is -2.30. The van der Waals surface area contributed by atoms with Gasteiger partial charge in [-0.2, -0.15) is 0 Å². The highest BCUT2D eigenvalue weighted by Gasteiger charge is 2.30. The average Bonchev–Trinajstić information content (AvgIpc) is 2.75. The van der Waals surface area contributed by atoms with Crippen LogP contribution in [0.1, 0.15) is 30.8 Å². The maximum absolute atomic E-state index is 4.59. The Labute approximate surface area is 107 Å². The summed E-state index contributed by atoms with van der Waals surface area (Å²) in [6.45, 7) is 6.24. The van der Waals surface area contributed by atoms with Crippen molar-refractivity contribution in [2.75, 3.05) is 6.54 Å². The third kappa shape index (κ3) is 1.93. The minimum atomic E-state index is -0.0201. The van der Waals surface area contributed by atoms with E-state index in [9.17, 15) is 0 Å². The van der Waals surface area contributed by atoms with E-state index in [-0.39, 0.29) is 5.54 Å².